The van der Waals surface area contributed by atoms with Crippen LogP contribution in [0.5, 0.6) is 0 Å². The van der Waals surface area contributed by atoms with Crippen LogP contribution in [-0.2, 0) is 0 Å². The third kappa shape index (κ3) is 1.74. The van der Waals surface area contributed by atoms with E-state index in [1.807, 2.05) is 32.0 Å². The Morgan fingerprint density at radius 3 is 2.75 bits per heavy atom. The quantitative estimate of drug-likeness (QED) is 0.756. The molecule has 0 aliphatic rings. The largest absolute Gasteiger partial charge is 0.383 e. The summed E-state index contributed by atoms with van der Waals surface area (Å²) in [6, 6.07) is 5.74. The molecule has 5 nitrogen and oxygen atoms in total. The predicted octanol–water partition coefficient (Wildman–Crippen LogP) is 2.89. The van der Waals surface area contributed by atoms with E-state index in [-0.39, 0.29) is 16.9 Å². The zero-order valence-corrected chi connectivity index (χ0v) is 11.0. The Morgan fingerprint density at radius 1 is 1.30 bits per heavy atom. The number of nitrogens with zero attached hydrogens (tertiary/aromatic N) is 3. The fourth-order valence-corrected chi connectivity index (χ4v) is 2.22. The van der Waals surface area contributed by atoms with E-state index in [4.69, 9.17) is 5.73 Å². The molecule has 0 spiro atoms. The molecule has 3 N–H and O–H groups in total. The highest BCUT2D eigenvalue weighted by molar-refractivity contribution is 5.90. The molecule has 0 bridgehead atoms. The second-order valence-electron chi connectivity index (χ2n) is 4.72. The molecule has 0 saturated heterocycles. The van der Waals surface area contributed by atoms with Gasteiger partial charge in [0.15, 0.2) is 5.65 Å². The van der Waals surface area contributed by atoms with E-state index in [1.165, 1.54) is 4.68 Å². The number of nitrogens with one attached hydrogen (secondary N) is 1. The zero-order chi connectivity index (χ0) is 14.4. The summed E-state index contributed by atoms with van der Waals surface area (Å²) < 4.78 is 27.6. The topological polar surface area (TPSA) is 72.5 Å². The molecule has 3 rings (SSSR count). The summed E-state index contributed by atoms with van der Waals surface area (Å²) in [5.41, 5.74) is 8.27. The van der Waals surface area contributed by atoms with Gasteiger partial charge in [-0.1, -0.05) is 12.1 Å². The van der Waals surface area contributed by atoms with Gasteiger partial charge in [0.05, 0.1) is 11.1 Å². The van der Waals surface area contributed by atoms with Crippen LogP contribution in [0.25, 0.3) is 16.7 Å². The lowest BCUT2D eigenvalue weighted by atomic mass is 10.1. The van der Waals surface area contributed by atoms with E-state index in [9.17, 15) is 8.78 Å². The van der Waals surface area contributed by atoms with Crippen LogP contribution in [0.4, 0.5) is 14.6 Å². The van der Waals surface area contributed by atoms with Crippen molar-refractivity contribution in [1.29, 1.82) is 0 Å². The van der Waals surface area contributed by atoms with Gasteiger partial charge >= 0.3 is 0 Å². The number of benzene rings is 1. The Bertz CT molecular complexity index is 788. The first-order valence-electron chi connectivity index (χ1n) is 6.07. The maximum Gasteiger partial charge on any atom is 0.282 e. The SMILES string of the molecule is Cc1ccc(C)c(-n2nc(C(F)F)c3c(N)[nH]nc32)c1. The zero-order valence-electron chi connectivity index (χ0n) is 11.0. The van der Waals surface area contributed by atoms with E-state index in [1.54, 1.807) is 0 Å². The molecule has 1 aromatic carbocycles. The van der Waals surface area contributed by atoms with E-state index in [0.29, 0.717) is 11.3 Å². The van der Waals surface area contributed by atoms with Gasteiger partial charge in [-0.25, -0.2) is 13.5 Å². The highest BCUT2D eigenvalue weighted by Gasteiger charge is 2.24. The minimum atomic E-state index is -2.70. The minimum absolute atomic E-state index is 0.104. The lowest BCUT2D eigenvalue weighted by molar-refractivity contribution is 0.147. The van der Waals surface area contributed by atoms with Crippen molar-refractivity contribution >= 4 is 16.9 Å². The molecule has 0 saturated carbocycles. The molecule has 20 heavy (non-hydrogen) atoms. The molecule has 0 aliphatic heterocycles. The summed E-state index contributed by atoms with van der Waals surface area (Å²) in [6.07, 6.45) is -2.70. The van der Waals surface area contributed by atoms with Gasteiger partial charge in [-0.05, 0) is 31.0 Å². The number of H-pyrrole nitrogens is 1. The molecule has 0 unspecified atom stereocenters. The number of hydrogen-bond acceptors (Lipinski definition) is 3. The molecule has 2 aromatic heterocycles. The third-order valence-corrected chi connectivity index (χ3v) is 3.24. The van der Waals surface area contributed by atoms with Crippen LogP contribution in [-0.4, -0.2) is 20.0 Å². The molecule has 3 aromatic rings. The number of halogens is 2. The Labute approximate surface area is 113 Å². The first-order valence-corrected chi connectivity index (χ1v) is 6.07. The predicted molar refractivity (Wildman–Crippen MR) is 72.1 cm³/mol. The van der Waals surface area contributed by atoms with Crippen molar-refractivity contribution in [2.24, 2.45) is 0 Å². The van der Waals surface area contributed by atoms with Gasteiger partial charge in [-0.15, -0.1) is 0 Å². The molecular formula is C13H13F2N5. The fraction of sp³-hybridized carbons (Fsp3) is 0.231. The minimum Gasteiger partial charge on any atom is -0.383 e. The summed E-state index contributed by atoms with van der Waals surface area (Å²) in [6.45, 7) is 3.82. The van der Waals surface area contributed by atoms with E-state index in [2.05, 4.69) is 15.3 Å². The van der Waals surface area contributed by atoms with Crippen molar-refractivity contribution in [2.75, 3.05) is 5.73 Å². The van der Waals surface area contributed by atoms with Crippen molar-refractivity contribution in [3.63, 3.8) is 0 Å². The molecule has 7 heteroatoms. The van der Waals surface area contributed by atoms with E-state index in [0.717, 1.165) is 11.1 Å². The first-order chi connectivity index (χ1) is 9.49. The van der Waals surface area contributed by atoms with Crippen LogP contribution in [0.2, 0.25) is 0 Å². The van der Waals surface area contributed by atoms with Crippen LogP contribution in [0.3, 0.4) is 0 Å². The summed E-state index contributed by atoms with van der Waals surface area (Å²) in [7, 11) is 0. The summed E-state index contributed by atoms with van der Waals surface area (Å²) in [5, 5.41) is 10.7. The maximum absolute atomic E-state index is 13.1. The Kier molecular flexibility index (Phi) is 2.70. The smallest absolute Gasteiger partial charge is 0.282 e. The number of aromatic amines is 1. The van der Waals surface area contributed by atoms with Crippen molar-refractivity contribution in [2.45, 2.75) is 20.3 Å². The number of aromatic nitrogens is 4. The first kappa shape index (κ1) is 12.6. The lowest BCUT2D eigenvalue weighted by Gasteiger charge is -2.07. The highest BCUT2D eigenvalue weighted by Crippen LogP contribution is 2.31. The summed E-state index contributed by atoms with van der Waals surface area (Å²) >= 11 is 0. The molecule has 0 fully saturated rings. The van der Waals surface area contributed by atoms with E-state index < -0.39 is 6.43 Å². The van der Waals surface area contributed by atoms with Gasteiger partial charge < -0.3 is 5.73 Å². The molecule has 104 valence electrons. The maximum atomic E-state index is 13.1. The van der Waals surface area contributed by atoms with Crippen molar-refractivity contribution in [3.05, 3.63) is 35.0 Å². The molecule has 0 atom stereocenters. The molecule has 0 radical (unpaired) electrons. The highest BCUT2D eigenvalue weighted by atomic mass is 19.3. The average molecular weight is 277 g/mol. The van der Waals surface area contributed by atoms with E-state index >= 15 is 0 Å². The van der Waals surface area contributed by atoms with Crippen molar-refractivity contribution < 1.29 is 8.78 Å². The summed E-state index contributed by atoms with van der Waals surface area (Å²) in [5.74, 6) is 0.104. The number of fused-ring (bicyclic) bond motifs is 1. The van der Waals surface area contributed by atoms with Crippen LogP contribution in [0.1, 0.15) is 23.2 Å². The number of alkyl halides is 2. The monoisotopic (exact) mass is 277 g/mol. The number of nitrogen functional groups attached to an aromatic ring is 1. The number of hydrogen-bond donors (Lipinski definition) is 2. The lowest BCUT2D eigenvalue weighted by Crippen LogP contribution is -2.01. The van der Waals surface area contributed by atoms with Gasteiger partial charge in [-0.3, -0.25) is 5.10 Å². The van der Waals surface area contributed by atoms with Gasteiger partial charge in [0, 0.05) is 0 Å². The fourth-order valence-electron chi connectivity index (χ4n) is 2.22. The molecule has 0 amide bonds. The second-order valence-corrected chi connectivity index (χ2v) is 4.72. The Hall–Kier alpha value is -2.44. The van der Waals surface area contributed by atoms with Crippen LogP contribution in [0.15, 0.2) is 18.2 Å². The summed E-state index contributed by atoms with van der Waals surface area (Å²) in [4.78, 5) is 0. The number of rotatable bonds is 2. The van der Waals surface area contributed by atoms with Gasteiger partial charge in [-0.2, -0.15) is 10.2 Å². The number of anilines is 1. The number of nitrogens with two attached hydrogens (primary N) is 1. The van der Waals surface area contributed by atoms with Crippen molar-refractivity contribution in [1.82, 2.24) is 20.0 Å². The van der Waals surface area contributed by atoms with Crippen LogP contribution >= 0.6 is 0 Å². The second kappa shape index (κ2) is 4.29. The van der Waals surface area contributed by atoms with Crippen LogP contribution < -0.4 is 5.73 Å². The molecule has 0 aliphatic carbocycles. The average Bonchev–Trinajstić information content (AvgIpc) is 2.94. The van der Waals surface area contributed by atoms with Gasteiger partial charge in [0.1, 0.15) is 11.5 Å². The Balaban J connectivity index is 2.34. The molecular weight excluding hydrogens is 264 g/mol. The van der Waals surface area contributed by atoms with Gasteiger partial charge in [0.2, 0.25) is 0 Å². The van der Waals surface area contributed by atoms with Gasteiger partial charge in [0.25, 0.3) is 6.43 Å². The number of aryl methyl sites for hydroxylation is 2. The van der Waals surface area contributed by atoms with Crippen LogP contribution in [0, 0.1) is 13.8 Å². The van der Waals surface area contributed by atoms with Crippen molar-refractivity contribution in [3.8, 4) is 5.69 Å². The standard InChI is InChI=1S/C13H13F2N5/c1-6-3-4-7(2)8(5-6)20-13-9(12(16)17-18-13)10(19-20)11(14)15/h3-5,11H,1-2H3,(H3,16,17,18). The third-order valence-electron chi connectivity index (χ3n) is 3.24. The normalized spacial score (nSPS) is 11.7. The Morgan fingerprint density at radius 2 is 2.05 bits per heavy atom. The molecule has 2 heterocycles.